The molecule has 1 heterocycles. The lowest BCUT2D eigenvalue weighted by molar-refractivity contribution is 0.304. The highest BCUT2D eigenvalue weighted by atomic mass is 79.9. The smallest absolute Gasteiger partial charge is 0.137 e. The SMILES string of the molecule is CCCC(c1ccc(C#N)c(OCc2ccc(Br)cc2)c1)n1ccnc1. The number of hydrogen-bond donors (Lipinski definition) is 0. The standard InChI is InChI=1S/C21H20BrN3O/c1-2-3-20(25-11-10-24-15-25)17-6-7-18(13-23)21(12-17)26-14-16-4-8-19(22)9-5-16/h4-12,15,20H,2-3,14H2,1H3. The van der Waals surface area contributed by atoms with Crippen molar-refractivity contribution < 1.29 is 4.74 Å². The lowest BCUT2D eigenvalue weighted by Crippen LogP contribution is -2.09. The summed E-state index contributed by atoms with van der Waals surface area (Å²) in [7, 11) is 0. The summed E-state index contributed by atoms with van der Waals surface area (Å²) < 4.78 is 9.11. The summed E-state index contributed by atoms with van der Waals surface area (Å²) in [5, 5.41) is 9.42. The summed E-state index contributed by atoms with van der Waals surface area (Å²) in [5.41, 5.74) is 2.73. The molecule has 132 valence electrons. The highest BCUT2D eigenvalue weighted by Gasteiger charge is 2.15. The Balaban J connectivity index is 1.85. The largest absolute Gasteiger partial charge is 0.488 e. The average molecular weight is 410 g/mol. The molecule has 0 saturated heterocycles. The van der Waals surface area contributed by atoms with E-state index in [1.807, 2.05) is 55.0 Å². The number of benzene rings is 2. The first-order valence-electron chi connectivity index (χ1n) is 8.60. The van der Waals surface area contributed by atoms with E-state index in [2.05, 4.69) is 38.5 Å². The molecule has 0 amide bonds. The molecule has 1 aromatic heterocycles. The third kappa shape index (κ3) is 4.33. The molecule has 2 aromatic carbocycles. The van der Waals surface area contributed by atoms with Gasteiger partial charge in [0.05, 0.1) is 17.9 Å². The Labute approximate surface area is 162 Å². The van der Waals surface area contributed by atoms with Crippen molar-refractivity contribution in [2.24, 2.45) is 0 Å². The molecular weight excluding hydrogens is 390 g/mol. The van der Waals surface area contributed by atoms with Crippen LogP contribution in [0.15, 0.2) is 65.7 Å². The summed E-state index contributed by atoms with van der Waals surface area (Å²) >= 11 is 3.43. The van der Waals surface area contributed by atoms with Crippen LogP contribution < -0.4 is 4.74 Å². The minimum atomic E-state index is 0.185. The molecule has 3 aromatic rings. The van der Waals surface area contributed by atoms with E-state index >= 15 is 0 Å². The fourth-order valence-corrected chi connectivity index (χ4v) is 3.18. The Morgan fingerprint density at radius 3 is 2.69 bits per heavy atom. The zero-order valence-corrected chi connectivity index (χ0v) is 16.2. The van der Waals surface area contributed by atoms with Crippen LogP contribution in [-0.4, -0.2) is 9.55 Å². The second-order valence-electron chi connectivity index (χ2n) is 6.10. The van der Waals surface area contributed by atoms with E-state index in [0.29, 0.717) is 17.9 Å². The molecule has 26 heavy (non-hydrogen) atoms. The van der Waals surface area contributed by atoms with Gasteiger partial charge in [-0.05, 0) is 41.8 Å². The van der Waals surface area contributed by atoms with E-state index in [1.165, 1.54) is 0 Å². The zero-order valence-electron chi connectivity index (χ0n) is 14.6. The maximum absolute atomic E-state index is 9.42. The van der Waals surface area contributed by atoms with Crippen molar-refractivity contribution in [1.29, 1.82) is 5.26 Å². The van der Waals surface area contributed by atoms with Crippen LogP contribution in [0.25, 0.3) is 0 Å². The van der Waals surface area contributed by atoms with Crippen molar-refractivity contribution >= 4 is 15.9 Å². The van der Waals surface area contributed by atoms with E-state index in [0.717, 1.165) is 28.4 Å². The second-order valence-corrected chi connectivity index (χ2v) is 7.01. The van der Waals surface area contributed by atoms with Gasteiger partial charge in [0, 0.05) is 16.9 Å². The van der Waals surface area contributed by atoms with Crippen molar-refractivity contribution in [3.8, 4) is 11.8 Å². The molecule has 3 rings (SSSR count). The number of nitrogens with zero attached hydrogens (tertiary/aromatic N) is 3. The predicted molar refractivity (Wildman–Crippen MR) is 105 cm³/mol. The molecule has 0 radical (unpaired) electrons. The number of nitriles is 1. The van der Waals surface area contributed by atoms with Gasteiger partial charge in [-0.1, -0.05) is 47.5 Å². The van der Waals surface area contributed by atoms with Gasteiger partial charge in [-0.2, -0.15) is 5.26 Å². The molecule has 0 N–H and O–H groups in total. The number of hydrogen-bond acceptors (Lipinski definition) is 3. The van der Waals surface area contributed by atoms with Crippen molar-refractivity contribution in [2.45, 2.75) is 32.4 Å². The van der Waals surface area contributed by atoms with Gasteiger partial charge >= 0.3 is 0 Å². The highest BCUT2D eigenvalue weighted by molar-refractivity contribution is 9.10. The van der Waals surface area contributed by atoms with Crippen molar-refractivity contribution in [1.82, 2.24) is 9.55 Å². The van der Waals surface area contributed by atoms with Gasteiger partial charge < -0.3 is 9.30 Å². The first kappa shape index (κ1) is 18.2. The van der Waals surface area contributed by atoms with E-state index in [4.69, 9.17) is 4.74 Å². The molecule has 0 aliphatic heterocycles. The molecule has 5 heteroatoms. The number of imidazole rings is 1. The van der Waals surface area contributed by atoms with Gasteiger partial charge in [0.15, 0.2) is 0 Å². The Bertz CT molecular complexity index is 883. The lowest BCUT2D eigenvalue weighted by atomic mass is 10.00. The van der Waals surface area contributed by atoms with Gasteiger partial charge in [0.25, 0.3) is 0 Å². The van der Waals surface area contributed by atoms with Crippen molar-refractivity contribution in [3.05, 3.63) is 82.3 Å². The molecule has 0 fully saturated rings. The number of halogens is 1. The maximum Gasteiger partial charge on any atom is 0.137 e. The number of rotatable bonds is 7. The van der Waals surface area contributed by atoms with E-state index < -0.39 is 0 Å². The molecule has 4 nitrogen and oxygen atoms in total. The third-order valence-electron chi connectivity index (χ3n) is 4.27. The summed E-state index contributed by atoms with van der Waals surface area (Å²) in [6, 6.07) is 16.2. The van der Waals surface area contributed by atoms with E-state index in [9.17, 15) is 5.26 Å². The van der Waals surface area contributed by atoms with Crippen molar-refractivity contribution in [3.63, 3.8) is 0 Å². The topological polar surface area (TPSA) is 50.8 Å². The summed E-state index contributed by atoms with van der Waals surface area (Å²) in [4.78, 5) is 4.17. The monoisotopic (exact) mass is 409 g/mol. The normalized spacial score (nSPS) is 11.7. The quantitative estimate of drug-likeness (QED) is 0.518. The van der Waals surface area contributed by atoms with Crippen molar-refractivity contribution in [2.75, 3.05) is 0 Å². The van der Waals surface area contributed by atoms with Crippen LogP contribution in [0.3, 0.4) is 0 Å². The molecule has 0 spiro atoms. The summed E-state index contributed by atoms with van der Waals surface area (Å²) in [6.45, 7) is 2.59. The van der Waals surface area contributed by atoms with Gasteiger partial charge in [-0.3, -0.25) is 0 Å². The van der Waals surface area contributed by atoms with Crippen LogP contribution in [0.4, 0.5) is 0 Å². The fraction of sp³-hybridized carbons (Fsp3) is 0.238. The first-order chi connectivity index (χ1) is 12.7. The molecule has 0 aliphatic carbocycles. The zero-order chi connectivity index (χ0) is 18.4. The Kier molecular flexibility index (Phi) is 6.08. The fourth-order valence-electron chi connectivity index (χ4n) is 2.91. The van der Waals surface area contributed by atoms with E-state index in [1.54, 1.807) is 6.20 Å². The van der Waals surface area contributed by atoms with Gasteiger partial charge in [-0.25, -0.2) is 4.98 Å². The average Bonchev–Trinajstić information content (AvgIpc) is 3.20. The Hall–Kier alpha value is -2.58. The van der Waals surface area contributed by atoms with Crippen LogP contribution in [0.1, 0.15) is 42.5 Å². The van der Waals surface area contributed by atoms with Crippen LogP contribution >= 0.6 is 15.9 Å². The molecule has 0 bridgehead atoms. The van der Waals surface area contributed by atoms with Gasteiger partial charge in [0.1, 0.15) is 18.4 Å². The minimum absolute atomic E-state index is 0.185. The molecular formula is C21H20BrN3O. The third-order valence-corrected chi connectivity index (χ3v) is 4.79. The maximum atomic E-state index is 9.42. The molecule has 0 saturated carbocycles. The number of ether oxygens (including phenoxy) is 1. The van der Waals surface area contributed by atoms with Gasteiger partial charge in [-0.15, -0.1) is 0 Å². The molecule has 1 atom stereocenters. The van der Waals surface area contributed by atoms with Crippen LogP contribution in [-0.2, 0) is 6.61 Å². The van der Waals surface area contributed by atoms with Crippen LogP contribution in [0.5, 0.6) is 5.75 Å². The molecule has 0 aliphatic rings. The minimum Gasteiger partial charge on any atom is -0.488 e. The number of aromatic nitrogens is 2. The van der Waals surface area contributed by atoms with E-state index in [-0.39, 0.29) is 6.04 Å². The highest BCUT2D eigenvalue weighted by Crippen LogP contribution is 2.29. The summed E-state index contributed by atoms with van der Waals surface area (Å²) in [5.74, 6) is 0.620. The molecule has 1 unspecified atom stereocenters. The first-order valence-corrected chi connectivity index (χ1v) is 9.39. The second kappa shape index (κ2) is 8.68. The van der Waals surface area contributed by atoms with Crippen LogP contribution in [0.2, 0.25) is 0 Å². The van der Waals surface area contributed by atoms with Crippen LogP contribution in [0, 0.1) is 11.3 Å². The Morgan fingerprint density at radius 2 is 2.04 bits per heavy atom. The predicted octanol–water partition coefficient (Wildman–Crippen LogP) is 5.49. The Morgan fingerprint density at radius 1 is 1.23 bits per heavy atom. The lowest BCUT2D eigenvalue weighted by Gasteiger charge is -2.19. The summed E-state index contributed by atoms with van der Waals surface area (Å²) in [6.07, 6.45) is 7.64. The van der Waals surface area contributed by atoms with Gasteiger partial charge in [0.2, 0.25) is 0 Å².